The van der Waals surface area contributed by atoms with Crippen molar-refractivity contribution in [1.29, 1.82) is 0 Å². The number of nitrogens with one attached hydrogen (secondary N) is 1. The molecule has 1 aromatic heterocycles. The lowest BCUT2D eigenvalue weighted by molar-refractivity contribution is 0.0955. The summed E-state index contributed by atoms with van der Waals surface area (Å²) in [7, 11) is 0. The van der Waals surface area contributed by atoms with Crippen LogP contribution < -0.4 is 11.2 Å². The van der Waals surface area contributed by atoms with Gasteiger partial charge in [-0.25, -0.2) is 5.43 Å². The summed E-state index contributed by atoms with van der Waals surface area (Å²) in [6, 6.07) is 6.60. The maximum atomic E-state index is 11.8. The number of carbonyl (C=O) groups is 1. The molecule has 6 heteroatoms. The Morgan fingerprint density at radius 2 is 2.00 bits per heavy atom. The number of hydrogen-bond donors (Lipinski definition) is 2. The van der Waals surface area contributed by atoms with E-state index in [1.165, 1.54) is 0 Å². The van der Waals surface area contributed by atoms with Gasteiger partial charge in [-0.2, -0.15) is 5.10 Å². The average Bonchev–Trinajstić information content (AvgIpc) is 2.46. The van der Waals surface area contributed by atoms with E-state index in [2.05, 4.69) is 20.5 Å². The van der Waals surface area contributed by atoms with Crippen LogP contribution in [0.25, 0.3) is 0 Å². The zero-order chi connectivity index (χ0) is 13.7. The monoisotopic (exact) mass is 255 g/mol. The minimum absolute atomic E-state index is 0.303. The number of carbonyl (C=O) groups excluding carboxylic acids is 1. The van der Waals surface area contributed by atoms with Crippen LogP contribution in [0.5, 0.6) is 0 Å². The zero-order valence-electron chi connectivity index (χ0n) is 10.4. The van der Waals surface area contributed by atoms with Gasteiger partial charge < -0.3 is 5.73 Å². The summed E-state index contributed by atoms with van der Waals surface area (Å²) < 4.78 is 0. The van der Waals surface area contributed by atoms with Crippen molar-refractivity contribution in [2.75, 3.05) is 5.73 Å². The highest BCUT2D eigenvalue weighted by atomic mass is 16.2. The van der Waals surface area contributed by atoms with E-state index < -0.39 is 0 Å². The van der Waals surface area contributed by atoms with E-state index in [0.717, 1.165) is 0 Å². The van der Waals surface area contributed by atoms with E-state index in [1.54, 1.807) is 49.8 Å². The maximum Gasteiger partial charge on any atom is 0.271 e. The van der Waals surface area contributed by atoms with E-state index in [-0.39, 0.29) is 5.91 Å². The van der Waals surface area contributed by atoms with Gasteiger partial charge in [0.25, 0.3) is 5.91 Å². The molecule has 0 aliphatic heterocycles. The van der Waals surface area contributed by atoms with Crippen LogP contribution in [-0.2, 0) is 0 Å². The second kappa shape index (κ2) is 5.72. The van der Waals surface area contributed by atoms with E-state index >= 15 is 0 Å². The third-order valence-electron chi connectivity index (χ3n) is 2.43. The van der Waals surface area contributed by atoms with Crippen LogP contribution in [0.4, 0.5) is 5.69 Å². The molecule has 0 unspecified atom stereocenters. The summed E-state index contributed by atoms with van der Waals surface area (Å²) in [6.45, 7) is 1.74. The molecule has 96 valence electrons. The molecular formula is C13H13N5O. The maximum absolute atomic E-state index is 11.8. The summed E-state index contributed by atoms with van der Waals surface area (Å²) in [6.07, 6.45) is 4.72. The molecule has 1 heterocycles. The lowest BCUT2D eigenvalue weighted by Crippen LogP contribution is -2.19. The fourth-order valence-corrected chi connectivity index (χ4v) is 1.38. The quantitative estimate of drug-likeness (QED) is 0.490. The molecule has 2 aromatic rings. The number of nitrogen functional groups attached to an aromatic ring is 1. The van der Waals surface area contributed by atoms with Crippen LogP contribution in [0, 0.1) is 0 Å². The third-order valence-corrected chi connectivity index (χ3v) is 2.43. The summed E-state index contributed by atoms with van der Waals surface area (Å²) in [5.74, 6) is -0.303. The summed E-state index contributed by atoms with van der Waals surface area (Å²) in [5, 5.41) is 3.98. The molecule has 0 aliphatic carbocycles. The first-order valence-electron chi connectivity index (χ1n) is 5.63. The number of hydrazone groups is 1. The van der Waals surface area contributed by atoms with Crippen molar-refractivity contribution in [2.24, 2.45) is 5.10 Å². The van der Waals surface area contributed by atoms with Gasteiger partial charge in [0.2, 0.25) is 0 Å². The minimum atomic E-state index is -0.303. The molecule has 0 radical (unpaired) electrons. The van der Waals surface area contributed by atoms with Crippen molar-refractivity contribution in [1.82, 2.24) is 15.4 Å². The van der Waals surface area contributed by atoms with Crippen LogP contribution >= 0.6 is 0 Å². The molecule has 0 aliphatic rings. The smallest absolute Gasteiger partial charge is 0.271 e. The first-order chi connectivity index (χ1) is 9.16. The van der Waals surface area contributed by atoms with E-state index in [0.29, 0.717) is 22.7 Å². The largest absolute Gasteiger partial charge is 0.399 e. The molecule has 1 aromatic carbocycles. The van der Waals surface area contributed by atoms with Gasteiger partial charge in [0.1, 0.15) is 5.69 Å². The van der Waals surface area contributed by atoms with Crippen molar-refractivity contribution < 1.29 is 4.79 Å². The number of nitrogens with zero attached hydrogens (tertiary/aromatic N) is 3. The van der Waals surface area contributed by atoms with Crippen molar-refractivity contribution in [3.8, 4) is 0 Å². The summed E-state index contributed by atoms with van der Waals surface area (Å²) in [4.78, 5) is 19.8. The van der Waals surface area contributed by atoms with Crippen molar-refractivity contribution >= 4 is 17.3 Å². The van der Waals surface area contributed by atoms with E-state index in [1.807, 2.05) is 0 Å². The second-order valence-corrected chi connectivity index (χ2v) is 3.85. The van der Waals surface area contributed by atoms with Crippen molar-refractivity contribution in [3.63, 3.8) is 0 Å². The number of nitrogens with two attached hydrogens (primary N) is 1. The molecule has 19 heavy (non-hydrogen) atoms. The normalized spacial score (nSPS) is 11.1. The Morgan fingerprint density at radius 1 is 1.26 bits per heavy atom. The van der Waals surface area contributed by atoms with Crippen molar-refractivity contribution in [3.05, 3.63) is 54.1 Å². The van der Waals surface area contributed by atoms with E-state index in [4.69, 9.17) is 5.73 Å². The molecule has 1 amide bonds. The molecule has 2 rings (SSSR count). The lowest BCUT2D eigenvalue weighted by Gasteiger charge is -2.02. The van der Waals surface area contributed by atoms with Crippen LogP contribution in [0.1, 0.15) is 23.0 Å². The van der Waals surface area contributed by atoms with Crippen LogP contribution in [0.15, 0.2) is 48.0 Å². The first-order valence-corrected chi connectivity index (χ1v) is 5.63. The Labute approximate surface area is 110 Å². The Morgan fingerprint density at radius 3 is 2.63 bits per heavy atom. The molecule has 3 N–H and O–H groups in total. The number of anilines is 1. The molecule has 0 fully saturated rings. The zero-order valence-corrected chi connectivity index (χ0v) is 10.4. The molecule has 0 atom stereocenters. The standard InChI is InChI=1S/C13H13N5O/c1-9(12-8-15-6-7-16-12)17-18-13(19)10-2-4-11(14)5-3-10/h2-8H,14H2,1H3,(H,18,19)/b17-9+. The van der Waals surface area contributed by atoms with Gasteiger partial charge in [0, 0.05) is 23.6 Å². The molecule has 6 nitrogen and oxygen atoms in total. The fraction of sp³-hybridized carbons (Fsp3) is 0.0769. The van der Waals surface area contributed by atoms with Gasteiger partial charge in [-0.1, -0.05) is 0 Å². The number of hydrogen-bond acceptors (Lipinski definition) is 5. The van der Waals surface area contributed by atoms with Crippen molar-refractivity contribution in [2.45, 2.75) is 6.92 Å². The van der Waals surface area contributed by atoms with Crippen LogP contribution in [-0.4, -0.2) is 21.6 Å². The third kappa shape index (κ3) is 3.35. The highest BCUT2D eigenvalue weighted by Crippen LogP contribution is 2.05. The Hall–Kier alpha value is -2.76. The molecular weight excluding hydrogens is 242 g/mol. The summed E-state index contributed by atoms with van der Waals surface area (Å²) in [5.41, 5.74) is 10.3. The number of rotatable bonds is 3. The Kier molecular flexibility index (Phi) is 3.82. The first kappa shape index (κ1) is 12.7. The number of benzene rings is 1. The average molecular weight is 255 g/mol. The topological polar surface area (TPSA) is 93.3 Å². The molecule has 0 bridgehead atoms. The van der Waals surface area contributed by atoms with Gasteiger partial charge in [-0.05, 0) is 31.2 Å². The lowest BCUT2D eigenvalue weighted by atomic mass is 10.2. The molecule has 0 saturated heterocycles. The second-order valence-electron chi connectivity index (χ2n) is 3.85. The van der Waals surface area contributed by atoms with E-state index in [9.17, 15) is 4.79 Å². The highest BCUT2D eigenvalue weighted by molar-refractivity contribution is 5.99. The van der Waals surface area contributed by atoms with Gasteiger partial charge in [-0.15, -0.1) is 0 Å². The van der Waals surface area contributed by atoms with Crippen LogP contribution in [0.3, 0.4) is 0 Å². The number of aromatic nitrogens is 2. The number of amides is 1. The molecule has 0 spiro atoms. The predicted molar refractivity (Wildman–Crippen MR) is 72.6 cm³/mol. The minimum Gasteiger partial charge on any atom is -0.399 e. The highest BCUT2D eigenvalue weighted by Gasteiger charge is 2.04. The van der Waals surface area contributed by atoms with Crippen LogP contribution in [0.2, 0.25) is 0 Å². The van der Waals surface area contributed by atoms with Gasteiger partial charge in [0.05, 0.1) is 11.9 Å². The fourth-order valence-electron chi connectivity index (χ4n) is 1.38. The molecule has 0 saturated carbocycles. The Balaban J connectivity index is 2.06. The Bertz CT molecular complexity index is 592. The predicted octanol–water partition coefficient (Wildman–Crippen LogP) is 1.21. The summed E-state index contributed by atoms with van der Waals surface area (Å²) >= 11 is 0. The SMILES string of the molecule is C/C(=N\NC(=O)c1ccc(N)cc1)c1cnccn1. The van der Waals surface area contributed by atoms with Gasteiger partial charge >= 0.3 is 0 Å². The van der Waals surface area contributed by atoms with Gasteiger partial charge in [0.15, 0.2) is 0 Å². The van der Waals surface area contributed by atoms with Gasteiger partial charge in [-0.3, -0.25) is 14.8 Å².